The highest BCUT2D eigenvalue weighted by Gasteiger charge is 2.30. The van der Waals surface area contributed by atoms with Crippen LogP contribution in [0.3, 0.4) is 0 Å². The Labute approximate surface area is 126 Å². The number of hydrogen-bond acceptors (Lipinski definition) is 2. The molecule has 0 saturated carbocycles. The number of ether oxygens (including phenoxy) is 1. The zero-order valence-electron chi connectivity index (χ0n) is 12.0. The molecule has 3 rings (SSSR count). The number of alkyl halides is 3. The van der Waals surface area contributed by atoms with Crippen molar-refractivity contribution in [2.24, 2.45) is 5.92 Å². The number of hydrogen-bond donors (Lipinski definition) is 1. The monoisotopic (exact) mass is 310 g/mol. The lowest BCUT2D eigenvalue weighted by Gasteiger charge is -2.21. The first-order valence-electron chi connectivity index (χ1n) is 7.27. The van der Waals surface area contributed by atoms with Crippen LogP contribution in [-0.2, 0) is 30.4 Å². The third kappa shape index (κ3) is 3.50. The molecule has 0 aliphatic heterocycles. The lowest BCUT2D eigenvalue weighted by Crippen LogP contribution is -2.19. The van der Waals surface area contributed by atoms with Crippen molar-refractivity contribution in [2.45, 2.75) is 32.0 Å². The predicted molar refractivity (Wildman–Crippen MR) is 75.2 cm³/mol. The van der Waals surface area contributed by atoms with Gasteiger partial charge in [-0.15, -0.1) is 0 Å². The molecule has 0 fully saturated rings. The number of nitrogens with zero attached hydrogens (tertiary/aromatic N) is 1. The van der Waals surface area contributed by atoms with E-state index in [1.165, 1.54) is 11.8 Å². The highest BCUT2D eigenvalue weighted by atomic mass is 19.4. The zero-order chi connectivity index (χ0) is 15.6. The summed E-state index contributed by atoms with van der Waals surface area (Å²) in [6.45, 7) is 0.746. The number of rotatable bonds is 4. The van der Waals surface area contributed by atoms with Gasteiger partial charge >= 0.3 is 6.18 Å². The van der Waals surface area contributed by atoms with Gasteiger partial charge in [-0.05, 0) is 42.9 Å². The predicted octanol–water partition coefficient (Wildman–Crippen LogP) is 3.75. The molecule has 0 bridgehead atoms. The smallest absolute Gasteiger partial charge is 0.376 e. The van der Waals surface area contributed by atoms with Crippen LogP contribution in [0.2, 0.25) is 0 Å². The van der Waals surface area contributed by atoms with Crippen LogP contribution in [0.1, 0.15) is 28.9 Å². The van der Waals surface area contributed by atoms with Crippen LogP contribution in [0.5, 0.6) is 0 Å². The van der Waals surface area contributed by atoms with Crippen molar-refractivity contribution < 1.29 is 17.9 Å². The standard InChI is InChI=1S/C16H17F3N2O/c17-16(18,19)13-3-1-2-11(6-13)8-22-9-12-4-5-14-15(7-12)21-10-20-14/h1-3,6,10,12H,4-5,7-9H2,(H,20,21). The van der Waals surface area contributed by atoms with Crippen LogP contribution < -0.4 is 0 Å². The number of nitrogens with one attached hydrogen (secondary N) is 1. The lowest BCUT2D eigenvalue weighted by molar-refractivity contribution is -0.137. The maximum atomic E-state index is 12.6. The third-order valence-corrected chi connectivity index (χ3v) is 3.97. The summed E-state index contributed by atoms with van der Waals surface area (Å²) in [7, 11) is 0. The summed E-state index contributed by atoms with van der Waals surface area (Å²) in [4.78, 5) is 7.40. The Hall–Kier alpha value is -1.82. The second kappa shape index (κ2) is 6.12. The van der Waals surface area contributed by atoms with Crippen LogP contribution in [0.25, 0.3) is 0 Å². The average Bonchev–Trinajstić information content (AvgIpc) is 2.94. The number of H-pyrrole nitrogens is 1. The van der Waals surface area contributed by atoms with Gasteiger partial charge in [-0.1, -0.05) is 12.1 Å². The third-order valence-electron chi connectivity index (χ3n) is 3.97. The van der Waals surface area contributed by atoms with Crippen LogP contribution in [0.4, 0.5) is 13.2 Å². The molecule has 6 heteroatoms. The Bertz CT molecular complexity index is 636. The Morgan fingerprint density at radius 1 is 1.32 bits per heavy atom. The summed E-state index contributed by atoms with van der Waals surface area (Å²) >= 11 is 0. The minimum absolute atomic E-state index is 0.202. The second-order valence-corrected chi connectivity index (χ2v) is 5.65. The Morgan fingerprint density at radius 3 is 3.00 bits per heavy atom. The molecule has 1 aliphatic carbocycles. The van der Waals surface area contributed by atoms with Crippen molar-refractivity contribution in [3.8, 4) is 0 Å². The topological polar surface area (TPSA) is 37.9 Å². The fourth-order valence-electron chi connectivity index (χ4n) is 2.79. The molecule has 0 spiro atoms. The van der Waals surface area contributed by atoms with Gasteiger partial charge in [0.15, 0.2) is 0 Å². The normalized spacial score (nSPS) is 18.2. The highest BCUT2D eigenvalue weighted by molar-refractivity contribution is 5.25. The van der Waals surface area contributed by atoms with Gasteiger partial charge in [0.2, 0.25) is 0 Å². The van der Waals surface area contributed by atoms with E-state index in [2.05, 4.69) is 9.97 Å². The molecular weight excluding hydrogens is 293 g/mol. The first-order chi connectivity index (χ1) is 10.5. The van der Waals surface area contributed by atoms with Gasteiger partial charge in [-0.3, -0.25) is 0 Å². The largest absolute Gasteiger partial charge is 0.416 e. The summed E-state index contributed by atoms with van der Waals surface area (Å²) < 4.78 is 43.5. The molecule has 0 saturated heterocycles. The minimum Gasteiger partial charge on any atom is -0.376 e. The van der Waals surface area contributed by atoms with Crippen molar-refractivity contribution in [1.29, 1.82) is 0 Å². The van der Waals surface area contributed by atoms with Crippen molar-refractivity contribution in [3.05, 3.63) is 53.1 Å². The summed E-state index contributed by atoms with van der Waals surface area (Å²) in [5.41, 5.74) is 2.19. The van der Waals surface area contributed by atoms with E-state index in [1.807, 2.05) is 0 Å². The van der Waals surface area contributed by atoms with Gasteiger partial charge in [-0.2, -0.15) is 13.2 Å². The number of aromatic amines is 1. The minimum atomic E-state index is -4.31. The molecule has 1 atom stereocenters. The molecule has 22 heavy (non-hydrogen) atoms. The molecule has 1 aromatic carbocycles. The Balaban J connectivity index is 1.52. The van der Waals surface area contributed by atoms with E-state index >= 15 is 0 Å². The number of imidazole rings is 1. The van der Waals surface area contributed by atoms with Gasteiger partial charge in [0.25, 0.3) is 0 Å². The number of halogens is 3. The lowest BCUT2D eigenvalue weighted by atomic mass is 9.90. The molecule has 1 N–H and O–H groups in total. The molecule has 1 aliphatic rings. The Morgan fingerprint density at radius 2 is 2.18 bits per heavy atom. The van der Waals surface area contributed by atoms with Crippen LogP contribution in [0, 0.1) is 5.92 Å². The highest BCUT2D eigenvalue weighted by Crippen LogP contribution is 2.30. The molecule has 0 radical (unpaired) electrons. The van der Waals surface area contributed by atoms with Gasteiger partial charge < -0.3 is 9.72 Å². The average molecular weight is 310 g/mol. The van der Waals surface area contributed by atoms with Crippen LogP contribution in [0.15, 0.2) is 30.6 Å². The second-order valence-electron chi connectivity index (χ2n) is 5.65. The van der Waals surface area contributed by atoms with E-state index in [-0.39, 0.29) is 6.61 Å². The van der Waals surface area contributed by atoms with E-state index in [4.69, 9.17) is 4.74 Å². The van der Waals surface area contributed by atoms with Crippen molar-refractivity contribution in [1.82, 2.24) is 9.97 Å². The summed E-state index contributed by atoms with van der Waals surface area (Å²) in [5.74, 6) is 0.376. The van der Waals surface area contributed by atoms with E-state index in [0.29, 0.717) is 18.1 Å². The van der Waals surface area contributed by atoms with Gasteiger partial charge in [0, 0.05) is 5.69 Å². The number of aryl methyl sites for hydroxylation is 1. The molecule has 2 aromatic rings. The number of fused-ring (bicyclic) bond motifs is 1. The molecule has 0 amide bonds. The summed E-state index contributed by atoms with van der Waals surface area (Å²) in [6, 6.07) is 5.29. The van der Waals surface area contributed by atoms with Gasteiger partial charge in [-0.25, -0.2) is 4.98 Å². The maximum absolute atomic E-state index is 12.6. The fraction of sp³-hybridized carbons (Fsp3) is 0.438. The van der Waals surface area contributed by atoms with Crippen molar-refractivity contribution in [3.63, 3.8) is 0 Å². The van der Waals surface area contributed by atoms with E-state index in [0.717, 1.165) is 37.1 Å². The van der Waals surface area contributed by atoms with E-state index in [1.54, 1.807) is 12.4 Å². The van der Waals surface area contributed by atoms with E-state index in [9.17, 15) is 13.2 Å². The summed E-state index contributed by atoms with van der Waals surface area (Å²) in [5, 5.41) is 0. The van der Waals surface area contributed by atoms with Crippen molar-refractivity contribution in [2.75, 3.05) is 6.61 Å². The van der Waals surface area contributed by atoms with E-state index < -0.39 is 11.7 Å². The fourth-order valence-corrected chi connectivity index (χ4v) is 2.79. The SMILES string of the molecule is FC(F)(F)c1cccc(COCC2CCc3[nH]cnc3C2)c1. The molecule has 1 unspecified atom stereocenters. The van der Waals surface area contributed by atoms with Crippen molar-refractivity contribution >= 4 is 0 Å². The summed E-state index contributed by atoms with van der Waals surface area (Å²) in [6.07, 6.45) is 0.221. The first-order valence-corrected chi connectivity index (χ1v) is 7.27. The molecular formula is C16H17F3N2O. The molecule has 1 heterocycles. The Kier molecular flexibility index (Phi) is 4.20. The van der Waals surface area contributed by atoms with Crippen LogP contribution in [-0.4, -0.2) is 16.6 Å². The number of aromatic nitrogens is 2. The molecule has 1 aromatic heterocycles. The quantitative estimate of drug-likeness (QED) is 0.934. The van der Waals surface area contributed by atoms with Crippen LogP contribution >= 0.6 is 0 Å². The zero-order valence-corrected chi connectivity index (χ0v) is 12.0. The molecule has 118 valence electrons. The number of benzene rings is 1. The maximum Gasteiger partial charge on any atom is 0.416 e. The van der Waals surface area contributed by atoms with Gasteiger partial charge in [0.1, 0.15) is 0 Å². The first kappa shape index (κ1) is 15.1. The van der Waals surface area contributed by atoms with Gasteiger partial charge in [0.05, 0.1) is 30.8 Å². The molecule has 3 nitrogen and oxygen atoms in total.